The van der Waals surface area contributed by atoms with E-state index in [9.17, 15) is 9.59 Å². The molecular formula is C23H24N2O3. The first-order chi connectivity index (χ1) is 13.7. The van der Waals surface area contributed by atoms with Crippen LogP contribution in [-0.2, 0) is 22.7 Å². The van der Waals surface area contributed by atoms with Crippen LogP contribution in [-0.4, -0.2) is 16.7 Å². The number of hydrogen-bond acceptors (Lipinski definition) is 3. The zero-order chi connectivity index (χ0) is 19.8. The van der Waals surface area contributed by atoms with Gasteiger partial charge < -0.3 is 14.6 Å². The van der Waals surface area contributed by atoms with Gasteiger partial charge in [-0.05, 0) is 23.3 Å². The molecule has 0 spiro atoms. The number of nitrogens with zero attached hydrogens (tertiary/aromatic N) is 1. The Bertz CT molecular complexity index is 877. The Kier molecular flexibility index (Phi) is 6.63. The average molecular weight is 376 g/mol. The van der Waals surface area contributed by atoms with Crippen molar-refractivity contribution in [3.63, 3.8) is 0 Å². The average Bonchev–Trinajstić information content (AvgIpc) is 3.26. The van der Waals surface area contributed by atoms with E-state index >= 15 is 0 Å². The molecule has 1 N–H and O–H groups in total. The highest BCUT2D eigenvalue weighted by atomic mass is 16.3. The number of hydrogen-bond donors (Lipinski definition) is 1. The highest BCUT2D eigenvalue weighted by molar-refractivity contribution is 5.88. The van der Waals surface area contributed by atoms with E-state index in [4.69, 9.17) is 4.42 Å². The van der Waals surface area contributed by atoms with Crippen LogP contribution in [0.4, 0.5) is 0 Å². The molecule has 1 aromatic heterocycles. The van der Waals surface area contributed by atoms with Gasteiger partial charge in [0.05, 0.1) is 12.8 Å². The van der Waals surface area contributed by atoms with Crippen molar-refractivity contribution >= 4 is 11.8 Å². The van der Waals surface area contributed by atoms with Crippen molar-refractivity contribution < 1.29 is 14.0 Å². The van der Waals surface area contributed by atoms with Crippen LogP contribution >= 0.6 is 0 Å². The number of rotatable bonds is 8. The lowest BCUT2D eigenvalue weighted by atomic mass is 10.0. The molecule has 144 valence electrons. The van der Waals surface area contributed by atoms with E-state index in [1.165, 1.54) is 0 Å². The fourth-order valence-electron chi connectivity index (χ4n) is 3.10. The van der Waals surface area contributed by atoms with Crippen LogP contribution in [0.15, 0.2) is 83.5 Å². The number of amides is 2. The molecule has 0 aliphatic carbocycles. The Morgan fingerprint density at radius 2 is 1.64 bits per heavy atom. The first-order valence-corrected chi connectivity index (χ1v) is 9.37. The molecule has 5 nitrogen and oxygen atoms in total. The fraction of sp³-hybridized carbons (Fsp3) is 0.217. The van der Waals surface area contributed by atoms with Crippen molar-refractivity contribution in [2.24, 2.45) is 0 Å². The maximum absolute atomic E-state index is 13.1. The molecule has 0 aliphatic heterocycles. The van der Waals surface area contributed by atoms with Gasteiger partial charge in [0, 0.05) is 13.0 Å². The van der Waals surface area contributed by atoms with E-state index in [1.54, 1.807) is 23.3 Å². The summed E-state index contributed by atoms with van der Waals surface area (Å²) in [5, 5.41) is 2.90. The molecular weight excluding hydrogens is 352 g/mol. The molecule has 0 saturated heterocycles. The van der Waals surface area contributed by atoms with Gasteiger partial charge in [0.15, 0.2) is 0 Å². The van der Waals surface area contributed by atoms with E-state index in [1.807, 2.05) is 67.6 Å². The zero-order valence-electron chi connectivity index (χ0n) is 15.9. The molecule has 2 amide bonds. The third-order valence-corrected chi connectivity index (χ3v) is 4.51. The maximum atomic E-state index is 13.1. The summed E-state index contributed by atoms with van der Waals surface area (Å²) in [5.41, 5.74) is 1.75. The van der Waals surface area contributed by atoms with Crippen LogP contribution in [0.3, 0.4) is 0 Å². The van der Waals surface area contributed by atoms with Crippen LogP contribution in [0.1, 0.15) is 36.3 Å². The summed E-state index contributed by atoms with van der Waals surface area (Å²) in [6, 6.07) is 22.0. The van der Waals surface area contributed by atoms with Crippen LogP contribution < -0.4 is 5.32 Å². The molecule has 0 unspecified atom stereocenters. The lowest BCUT2D eigenvalue weighted by Gasteiger charge is -2.31. The third kappa shape index (κ3) is 4.88. The van der Waals surface area contributed by atoms with E-state index in [2.05, 4.69) is 5.32 Å². The van der Waals surface area contributed by atoms with E-state index in [0.29, 0.717) is 18.7 Å². The third-order valence-electron chi connectivity index (χ3n) is 4.51. The minimum absolute atomic E-state index is 0.0779. The highest BCUT2D eigenvalue weighted by Gasteiger charge is 2.30. The van der Waals surface area contributed by atoms with E-state index in [-0.39, 0.29) is 18.4 Å². The number of carbonyl (C=O) groups is 2. The van der Waals surface area contributed by atoms with Gasteiger partial charge in [-0.1, -0.05) is 67.6 Å². The van der Waals surface area contributed by atoms with Crippen molar-refractivity contribution in [1.29, 1.82) is 0 Å². The number of nitrogens with one attached hydrogen (secondary N) is 1. The van der Waals surface area contributed by atoms with Gasteiger partial charge in [0.2, 0.25) is 11.8 Å². The fourth-order valence-corrected chi connectivity index (χ4v) is 3.10. The second-order valence-corrected chi connectivity index (χ2v) is 6.47. The number of furan rings is 1. The second-order valence-electron chi connectivity index (χ2n) is 6.47. The first-order valence-electron chi connectivity index (χ1n) is 9.37. The van der Waals surface area contributed by atoms with Crippen molar-refractivity contribution in [3.05, 3.63) is 95.9 Å². The van der Waals surface area contributed by atoms with Crippen molar-refractivity contribution in [1.82, 2.24) is 10.2 Å². The SMILES string of the molecule is CCC(=O)N(Cc1ccccc1)[C@H](C(=O)NCc1ccco1)c1ccccc1. The predicted molar refractivity (Wildman–Crippen MR) is 107 cm³/mol. The van der Waals surface area contributed by atoms with Crippen LogP contribution in [0, 0.1) is 0 Å². The van der Waals surface area contributed by atoms with Crippen molar-refractivity contribution in [3.8, 4) is 0 Å². The Hall–Kier alpha value is -3.34. The summed E-state index contributed by atoms with van der Waals surface area (Å²) in [4.78, 5) is 27.6. The summed E-state index contributed by atoms with van der Waals surface area (Å²) in [7, 11) is 0. The van der Waals surface area contributed by atoms with E-state index < -0.39 is 6.04 Å². The lowest BCUT2D eigenvalue weighted by Crippen LogP contribution is -2.43. The lowest BCUT2D eigenvalue weighted by molar-refractivity contribution is -0.141. The minimum atomic E-state index is -0.719. The van der Waals surface area contributed by atoms with Gasteiger partial charge in [-0.25, -0.2) is 0 Å². The van der Waals surface area contributed by atoms with Crippen LogP contribution in [0.2, 0.25) is 0 Å². The molecule has 0 aliphatic rings. The summed E-state index contributed by atoms with van der Waals surface area (Å²) >= 11 is 0. The minimum Gasteiger partial charge on any atom is -0.467 e. The standard InChI is InChI=1S/C23H24N2O3/c1-2-21(26)25(17-18-10-5-3-6-11-18)22(19-12-7-4-8-13-19)23(27)24-16-20-14-9-15-28-20/h3-15,22H,2,16-17H2,1H3,(H,24,27)/t22-/m0/s1. The molecule has 0 radical (unpaired) electrons. The molecule has 3 aromatic rings. The zero-order valence-corrected chi connectivity index (χ0v) is 15.9. The Balaban J connectivity index is 1.89. The van der Waals surface area contributed by atoms with Crippen LogP contribution in [0.5, 0.6) is 0 Å². The first kappa shape index (κ1) is 19.4. The molecule has 5 heteroatoms. The molecule has 28 heavy (non-hydrogen) atoms. The molecule has 0 bridgehead atoms. The van der Waals surface area contributed by atoms with Gasteiger partial charge in [-0.15, -0.1) is 0 Å². The monoisotopic (exact) mass is 376 g/mol. The Morgan fingerprint density at radius 3 is 2.25 bits per heavy atom. The largest absolute Gasteiger partial charge is 0.467 e. The molecule has 1 heterocycles. The predicted octanol–water partition coefficient (Wildman–Crippen LogP) is 4.08. The summed E-state index contributed by atoms with van der Waals surface area (Å²) in [6.45, 7) is 2.44. The van der Waals surface area contributed by atoms with Gasteiger partial charge in [0.1, 0.15) is 11.8 Å². The summed E-state index contributed by atoms with van der Waals surface area (Å²) < 4.78 is 5.30. The van der Waals surface area contributed by atoms with Gasteiger partial charge in [0.25, 0.3) is 0 Å². The molecule has 0 fully saturated rings. The van der Waals surface area contributed by atoms with Crippen LogP contribution in [0.25, 0.3) is 0 Å². The van der Waals surface area contributed by atoms with Gasteiger partial charge >= 0.3 is 0 Å². The van der Waals surface area contributed by atoms with Crippen molar-refractivity contribution in [2.75, 3.05) is 0 Å². The summed E-state index contributed by atoms with van der Waals surface area (Å²) in [6.07, 6.45) is 1.89. The molecule has 0 saturated carbocycles. The normalized spacial score (nSPS) is 11.6. The van der Waals surface area contributed by atoms with Gasteiger partial charge in [-0.2, -0.15) is 0 Å². The van der Waals surface area contributed by atoms with E-state index in [0.717, 1.165) is 11.1 Å². The second kappa shape index (κ2) is 9.55. The quantitative estimate of drug-likeness (QED) is 0.644. The smallest absolute Gasteiger partial charge is 0.247 e. The molecule has 2 aromatic carbocycles. The number of benzene rings is 2. The number of carbonyl (C=O) groups excluding carboxylic acids is 2. The molecule has 3 rings (SSSR count). The Morgan fingerprint density at radius 1 is 0.964 bits per heavy atom. The van der Waals surface area contributed by atoms with Crippen molar-refractivity contribution in [2.45, 2.75) is 32.5 Å². The highest BCUT2D eigenvalue weighted by Crippen LogP contribution is 2.24. The van der Waals surface area contributed by atoms with Gasteiger partial charge in [-0.3, -0.25) is 9.59 Å². The summed E-state index contributed by atoms with van der Waals surface area (Å²) in [5.74, 6) is 0.350. The topological polar surface area (TPSA) is 62.6 Å². The molecule has 1 atom stereocenters. The Labute approximate surface area is 165 Å². The maximum Gasteiger partial charge on any atom is 0.247 e.